The van der Waals surface area contributed by atoms with Gasteiger partial charge in [-0.1, -0.05) is 36.7 Å². The Morgan fingerprint density at radius 2 is 1.84 bits per heavy atom. The van der Waals surface area contributed by atoms with Gasteiger partial charge >= 0.3 is 0 Å². The Morgan fingerprint density at radius 1 is 1.12 bits per heavy atom. The van der Waals surface area contributed by atoms with Crippen LogP contribution in [0.25, 0.3) is 5.69 Å². The topological polar surface area (TPSA) is 51.0 Å². The van der Waals surface area contributed by atoms with Crippen LogP contribution in [-0.4, -0.2) is 27.4 Å². The molecule has 5 nitrogen and oxygen atoms in total. The van der Waals surface area contributed by atoms with Crippen molar-refractivity contribution >= 4 is 23.2 Å². The molecule has 1 heterocycles. The van der Waals surface area contributed by atoms with E-state index in [1.807, 2.05) is 49.4 Å². The number of aromatic nitrogens is 3. The summed E-state index contributed by atoms with van der Waals surface area (Å²) in [6.07, 6.45) is 2.71. The fourth-order valence-corrected chi connectivity index (χ4v) is 2.68. The van der Waals surface area contributed by atoms with E-state index in [0.29, 0.717) is 17.3 Å². The number of carbonyl (C=O) groups excluding carboxylic acids is 1. The van der Waals surface area contributed by atoms with Crippen molar-refractivity contribution in [3.8, 4) is 5.69 Å². The molecule has 1 aromatic heterocycles. The highest BCUT2D eigenvalue weighted by atomic mass is 35.5. The third-order valence-electron chi connectivity index (χ3n) is 3.75. The third kappa shape index (κ3) is 4.25. The average Bonchev–Trinajstić information content (AvgIpc) is 3.10. The molecular formula is C19H19ClN4O. The van der Waals surface area contributed by atoms with Gasteiger partial charge < -0.3 is 4.90 Å². The lowest BCUT2D eigenvalue weighted by atomic mass is 10.2. The largest absolute Gasteiger partial charge is 0.312 e. The molecule has 3 rings (SSSR count). The van der Waals surface area contributed by atoms with Crippen LogP contribution >= 0.6 is 11.6 Å². The normalized spacial score (nSPS) is 10.6. The SMILES string of the molecule is CCCN(C(=O)Cc1cnn(-c2ccccc2)n1)c1ccc(Cl)cc1. The number of hydrogen-bond acceptors (Lipinski definition) is 3. The van der Waals surface area contributed by atoms with Gasteiger partial charge in [0.1, 0.15) is 0 Å². The predicted octanol–water partition coefficient (Wildman–Crippen LogP) is 3.91. The molecule has 0 unspecified atom stereocenters. The van der Waals surface area contributed by atoms with E-state index in [-0.39, 0.29) is 12.3 Å². The van der Waals surface area contributed by atoms with Gasteiger partial charge in [0.05, 0.1) is 24.0 Å². The van der Waals surface area contributed by atoms with Gasteiger partial charge in [0.15, 0.2) is 0 Å². The zero-order valence-corrected chi connectivity index (χ0v) is 14.7. The maximum atomic E-state index is 12.7. The molecule has 1 amide bonds. The second-order valence-electron chi connectivity index (χ2n) is 5.66. The molecule has 0 aliphatic carbocycles. The van der Waals surface area contributed by atoms with Gasteiger partial charge in [-0.05, 0) is 42.8 Å². The van der Waals surface area contributed by atoms with Crippen molar-refractivity contribution in [2.45, 2.75) is 19.8 Å². The number of carbonyl (C=O) groups is 1. The van der Waals surface area contributed by atoms with Crippen LogP contribution < -0.4 is 4.90 Å². The standard InChI is InChI=1S/C19H19ClN4O/c1-2-12-23(17-10-8-15(20)9-11-17)19(25)13-16-14-21-24(22-16)18-6-4-3-5-7-18/h3-11,14H,2,12-13H2,1H3. The van der Waals surface area contributed by atoms with E-state index in [2.05, 4.69) is 10.2 Å². The number of halogens is 1. The summed E-state index contributed by atoms with van der Waals surface area (Å²) in [6.45, 7) is 2.69. The molecule has 0 bridgehead atoms. The molecule has 2 aromatic carbocycles. The maximum absolute atomic E-state index is 12.7. The highest BCUT2D eigenvalue weighted by Gasteiger charge is 2.17. The summed E-state index contributed by atoms with van der Waals surface area (Å²) in [5.74, 6) is -0.00992. The molecule has 0 atom stereocenters. The van der Waals surface area contributed by atoms with E-state index in [1.165, 1.54) is 4.80 Å². The summed E-state index contributed by atoms with van der Waals surface area (Å²) in [4.78, 5) is 16.0. The minimum absolute atomic E-state index is 0.00992. The van der Waals surface area contributed by atoms with E-state index in [9.17, 15) is 4.79 Å². The van der Waals surface area contributed by atoms with Crippen LogP contribution in [0, 0.1) is 0 Å². The smallest absolute Gasteiger partial charge is 0.233 e. The van der Waals surface area contributed by atoms with Gasteiger partial charge in [0, 0.05) is 17.3 Å². The maximum Gasteiger partial charge on any atom is 0.233 e. The van der Waals surface area contributed by atoms with Gasteiger partial charge in [0.25, 0.3) is 0 Å². The minimum atomic E-state index is -0.00992. The van der Waals surface area contributed by atoms with Crippen molar-refractivity contribution in [2.24, 2.45) is 0 Å². The molecule has 128 valence electrons. The van der Waals surface area contributed by atoms with Crippen molar-refractivity contribution in [3.05, 3.63) is 71.5 Å². The summed E-state index contributed by atoms with van der Waals surface area (Å²) in [5, 5.41) is 9.31. The highest BCUT2D eigenvalue weighted by Crippen LogP contribution is 2.19. The number of hydrogen-bond donors (Lipinski definition) is 0. The number of anilines is 1. The molecule has 25 heavy (non-hydrogen) atoms. The van der Waals surface area contributed by atoms with Crippen molar-refractivity contribution in [2.75, 3.05) is 11.4 Å². The number of nitrogens with zero attached hydrogens (tertiary/aromatic N) is 4. The predicted molar refractivity (Wildman–Crippen MR) is 99.2 cm³/mol. The molecule has 0 saturated heterocycles. The Labute approximate surface area is 151 Å². The van der Waals surface area contributed by atoms with Crippen LogP contribution in [-0.2, 0) is 11.2 Å². The van der Waals surface area contributed by atoms with Crippen LogP contribution in [0.1, 0.15) is 19.0 Å². The molecule has 0 radical (unpaired) electrons. The average molecular weight is 355 g/mol. The first-order valence-corrected chi connectivity index (χ1v) is 8.57. The Kier molecular flexibility index (Phi) is 5.46. The molecule has 0 aliphatic heterocycles. The molecule has 0 aliphatic rings. The second-order valence-corrected chi connectivity index (χ2v) is 6.10. The Balaban J connectivity index is 1.75. The fraction of sp³-hybridized carbons (Fsp3) is 0.211. The molecule has 0 fully saturated rings. The van der Waals surface area contributed by atoms with Crippen molar-refractivity contribution < 1.29 is 4.79 Å². The Morgan fingerprint density at radius 3 is 2.52 bits per heavy atom. The van der Waals surface area contributed by atoms with Gasteiger partial charge in [-0.3, -0.25) is 4.79 Å². The molecule has 0 N–H and O–H groups in total. The van der Waals surface area contributed by atoms with E-state index in [1.54, 1.807) is 23.2 Å². The molecule has 6 heteroatoms. The minimum Gasteiger partial charge on any atom is -0.312 e. The van der Waals surface area contributed by atoms with Crippen LogP contribution in [0.3, 0.4) is 0 Å². The Hall–Kier alpha value is -2.66. The van der Waals surface area contributed by atoms with Crippen LogP contribution in [0.5, 0.6) is 0 Å². The lowest BCUT2D eigenvalue weighted by Gasteiger charge is -2.22. The number of benzene rings is 2. The monoisotopic (exact) mass is 354 g/mol. The summed E-state index contributed by atoms with van der Waals surface area (Å²) in [5.41, 5.74) is 2.35. The first kappa shape index (κ1) is 17.2. The first-order valence-electron chi connectivity index (χ1n) is 8.20. The van der Waals surface area contributed by atoms with Gasteiger partial charge in [-0.25, -0.2) is 0 Å². The van der Waals surface area contributed by atoms with E-state index in [0.717, 1.165) is 17.8 Å². The Bertz CT molecular complexity index is 830. The molecule has 0 saturated carbocycles. The first-order chi connectivity index (χ1) is 12.2. The van der Waals surface area contributed by atoms with Gasteiger partial charge in [-0.2, -0.15) is 15.0 Å². The second kappa shape index (κ2) is 7.94. The van der Waals surface area contributed by atoms with Crippen LogP contribution in [0.2, 0.25) is 5.02 Å². The van der Waals surface area contributed by atoms with Crippen molar-refractivity contribution in [1.82, 2.24) is 15.0 Å². The number of amides is 1. The van der Waals surface area contributed by atoms with E-state index < -0.39 is 0 Å². The lowest BCUT2D eigenvalue weighted by molar-refractivity contribution is -0.118. The molecule has 0 spiro atoms. The molecule has 3 aromatic rings. The number of para-hydroxylation sites is 1. The summed E-state index contributed by atoms with van der Waals surface area (Å²) < 4.78 is 0. The van der Waals surface area contributed by atoms with Crippen LogP contribution in [0.15, 0.2) is 60.8 Å². The lowest BCUT2D eigenvalue weighted by Crippen LogP contribution is -2.33. The highest BCUT2D eigenvalue weighted by molar-refractivity contribution is 6.30. The van der Waals surface area contributed by atoms with E-state index >= 15 is 0 Å². The molecular weight excluding hydrogens is 336 g/mol. The summed E-state index contributed by atoms with van der Waals surface area (Å²) in [6, 6.07) is 16.9. The zero-order chi connectivity index (χ0) is 17.6. The summed E-state index contributed by atoms with van der Waals surface area (Å²) in [7, 11) is 0. The quantitative estimate of drug-likeness (QED) is 0.674. The number of rotatable bonds is 6. The zero-order valence-electron chi connectivity index (χ0n) is 14.0. The fourth-order valence-electron chi connectivity index (χ4n) is 2.55. The van der Waals surface area contributed by atoms with Gasteiger partial charge in [0.2, 0.25) is 5.91 Å². The summed E-state index contributed by atoms with van der Waals surface area (Å²) >= 11 is 5.94. The van der Waals surface area contributed by atoms with Crippen molar-refractivity contribution in [1.29, 1.82) is 0 Å². The van der Waals surface area contributed by atoms with Gasteiger partial charge in [-0.15, -0.1) is 0 Å². The van der Waals surface area contributed by atoms with Crippen molar-refractivity contribution in [3.63, 3.8) is 0 Å². The van der Waals surface area contributed by atoms with E-state index in [4.69, 9.17) is 11.6 Å². The third-order valence-corrected chi connectivity index (χ3v) is 4.00. The van der Waals surface area contributed by atoms with Crippen LogP contribution in [0.4, 0.5) is 5.69 Å².